The average Bonchev–Trinajstić information content (AvgIpc) is 3.53. The van der Waals surface area contributed by atoms with E-state index in [1.54, 1.807) is 14.2 Å². The first kappa shape index (κ1) is 24.7. The smallest absolute Gasteiger partial charge is 0.227 e. The Balaban J connectivity index is 1.48. The van der Waals surface area contributed by atoms with Crippen molar-refractivity contribution in [1.29, 1.82) is 0 Å². The highest BCUT2D eigenvalue weighted by Gasteiger charge is 2.45. The highest BCUT2D eigenvalue weighted by molar-refractivity contribution is 5.97. The lowest BCUT2D eigenvalue weighted by molar-refractivity contribution is -0.130. The largest absolute Gasteiger partial charge is 0.493 e. The van der Waals surface area contributed by atoms with Crippen LogP contribution in [0.2, 0.25) is 0 Å². The van der Waals surface area contributed by atoms with Gasteiger partial charge in [-0.3, -0.25) is 9.59 Å². The molecule has 2 amide bonds. The lowest BCUT2D eigenvalue weighted by Gasteiger charge is -2.41. The summed E-state index contributed by atoms with van der Waals surface area (Å²) in [7, 11) is 3.21. The molecule has 3 aliphatic rings. The van der Waals surface area contributed by atoms with E-state index in [4.69, 9.17) is 9.47 Å². The zero-order valence-corrected chi connectivity index (χ0v) is 21.8. The molecule has 6 heteroatoms. The number of piperidine rings is 1. The molecule has 0 spiro atoms. The molecule has 2 saturated carbocycles. The number of fused-ring (bicyclic) bond motifs is 2. The first-order valence-corrected chi connectivity index (χ1v) is 13.3. The SMILES string of the molecule is COc1ccc(C2C(C(=O)NC(C)C3CC4CCC3C4)CCC(=O)N2c2ccc(C)cc2)cc1OC. The number of hydrogen-bond acceptors (Lipinski definition) is 4. The molecule has 1 N–H and O–H groups in total. The number of amides is 2. The topological polar surface area (TPSA) is 67.9 Å². The summed E-state index contributed by atoms with van der Waals surface area (Å²) in [4.78, 5) is 29.0. The molecule has 36 heavy (non-hydrogen) atoms. The van der Waals surface area contributed by atoms with Gasteiger partial charge in [0.2, 0.25) is 11.8 Å². The van der Waals surface area contributed by atoms with Gasteiger partial charge in [-0.2, -0.15) is 0 Å². The van der Waals surface area contributed by atoms with Crippen molar-refractivity contribution in [2.75, 3.05) is 19.1 Å². The molecular formula is C30H38N2O4. The molecule has 1 aliphatic heterocycles. The van der Waals surface area contributed by atoms with Crippen LogP contribution >= 0.6 is 0 Å². The fourth-order valence-corrected chi connectivity index (χ4v) is 6.94. The van der Waals surface area contributed by atoms with Gasteiger partial charge in [-0.25, -0.2) is 0 Å². The van der Waals surface area contributed by atoms with Gasteiger partial charge in [-0.1, -0.05) is 30.2 Å². The van der Waals surface area contributed by atoms with Crippen LogP contribution < -0.4 is 19.7 Å². The number of nitrogens with zero attached hydrogens (tertiary/aromatic N) is 1. The Morgan fingerprint density at radius 2 is 1.75 bits per heavy atom. The van der Waals surface area contributed by atoms with E-state index in [2.05, 4.69) is 12.2 Å². The second kappa shape index (κ2) is 10.2. The van der Waals surface area contributed by atoms with Crippen LogP contribution in [-0.4, -0.2) is 32.1 Å². The molecule has 192 valence electrons. The van der Waals surface area contributed by atoms with E-state index in [9.17, 15) is 9.59 Å². The van der Waals surface area contributed by atoms with E-state index in [-0.39, 0.29) is 23.8 Å². The molecule has 2 aliphatic carbocycles. The predicted molar refractivity (Wildman–Crippen MR) is 140 cm³/mol. The normalized spacial score (nSPS) is 28.2. The number of rotatable bonds is 7. The van der Waals surface area contributed by atoms with E-state index in [0.717, 1.165) is 28.7 Å². The van der Waals surface area contributed by atoms with Gasteiger partial charge in [0.25, 0.3) is 0 Å². The molecule has 2 bridgehead atoms. The van der Waals surface area contributed by atoms with E-state index in [0.29, 0.717) is 30.3 Å². The molecule has 6 atom stereocenters. The monoisotopic (exact) mass is 490 g/mol. The molecular weight excluding hydrogens is 452 g/mol. The second-order valence-corrected chi connectivity index (χ2v) is 10.9. The molecule has 1 saturated heterocycles. The third-order valence-corrected chi connectivity index (χ3v) is 8.80. The molecule has 1 heterocycles. The van der Waals surface area contributed by atoms with E-state index in [1.807, 2.05) is 54.3 Å². The van der Waals surface area contributed by atoms with Crippen LogP contribution in [0.5, 0.6) is 11.5 Å². The molecule has 0 aromatic heterocycles. The number of nitrogens with one attached hydrogen (secondary N) is 1. The Hall–Kier alpha value is -3.02. The fourth-order valence-electron chi connectivity index (χ4n) is 6.94. The summed E-state index contributed by atoms with van der Waals surface area (Å²) in [5.41, 5.74) is 2.80. The Morgan fingerprint density at radius 1 is 1.00 bits per heavy atom. The lowest BCUT2D eigenvalue weighted by atomic mass is 9.81. The third-order valence-electron chi connectivity index (χ3n) is 8.80. The van der Waals surface area contributed by atoms with Crippen molar-refractivity contribution < 1.29 is 19.1 Å². The molecule has 2 aromatic rings. The summed E-state index contributed by atoms with van der Waals surface area (Å²) in [5, 5.41) is 3.39. The van der Waals surface area contributed by atoms with Crippen LogP contribution in [0.25, 0.3) is 0 Å². The van der Waals surface area contributed by atoms with Gasteiger partial charge in [0, 0.05) is 18.2 Å². The Morgan fingerprint density at radius 3 is 2.39 bits per heavy atom. The Bertz CT molecular complexity index is 1110. The Kier molecular flexibility index (Phi) is 6.96. The van der Waals surface area contributed by atoms with Gasteiger partial charge < -0.3 is 19.7 Å². The maximum atomic E-state index is 13.9. The minimum absolute atomic E-state index is 0.0313. The van der Waals surface area contributed by atoms with Crippen molar-refractivity contribution in [2.45, 2.75) is 64.5 Å². The molecule has 0 radical (unpaired) electrons. The van der Waals surface area contributed by atoms with Crippen molar-refractivity contribution >= 4 is 17.5 Å². The van der Waals surface area contributed by atoms with Crippen molar-refractivity contribution in [2.24, 2.45) is 23.7 Å². The van der Waals surface area contributed by atoms with Crippen LogP contribution in [0.4, 0.5) is 5.69 Å². The van der Waals surface area contributed by atoms with Gasteiger partial charge in [0.15, 0.2) is 11.5 Å². The lowest BCUT2D eigenvalue weighted by Crippen LogP contribution is -2.51. The third kappa shape index (κ3) is 4.58. The zero-order chi connectivity index (χ0) is 25.4. The summed E-state index contributed by atoms with van der Waals surface area (Å²) in [5.74, 6) is 3.06. The van der Waals surface area contributed by atoms with Gasteiger partial charge in [0.05, 0.1) is 26.2 Å². The van der Waals surface area contributed by atoms with Crippen LogP contribution in [0.3, 0.4) is 0 Å². The quantitative estimate of drug-likeness (QED) is 0.561. The molecule has 6 unspecified atom stereocenters. The highest BCUT2D eigenvalue weighted by Crippen LogP contribution is 2.50. The van der Waals surface area contributed by atoms with Crippen LogP contribution in [-0.2, 0) is 9.59 Å². The van der Waals surface area contributed by atoms with Gasteiger partial charge >= 0.3 is 0 Å². The average molecular weight is 491 g/mol. The minimum atomic E-state index is -0.430. The number of benzene rings is 2. The summed E-state index contributed by atoms with van der Waals surface area (Å²) < 4.78 is 11.0. The zero-order valence-electron chi connectivity index (χ0n) is 21.8. The maximum Gasteiger partial charge on any atom is 0.227 e. The minimum Gasteiger partial charge on any atom is -0.493 e. The van der Waals surface area contributed by atoms with Crippen LogP contribution in [0.1, 0.15) is 62.6 Å². The van der Waals surface area contributed by atoms with Crippen molar-refractivity contribution in [3.8, 4) is 11.5 Å². The predicted octanol–water partition coefficient (Wildman–Crippen LogP) is 5.44. The van der Waals surface area contributed by atoms with Crippen LogP contribution in [0, 0.1) is 30.6 Å². The second-order valence-electron chi connectivity index (χ2n) is 10.9. The van der Waals surface area contributed by atoms with E-state index in [1.165, 1.54) is 25.7 Å². The molecule has 5 rings (SSSR count). The fraction of sp³-hybridized carbons (Fsp3) is 0.533. The molecule has 6 nitrogen and oxygen atoms in total. The number of aryl methyl sites for hydroxylation is 1. The first-order valence-electron chi connectivity index (χ1n) is 13.3. The van der Waals surface area contributed by atoms with Gasteiger partial charge in [0.1, 0.15) is 0 Å². The number of ether oxygens (including phenoxy) is 2. The highest BCUT2D eigenvalue weighted by atomic mass is 16.5. The van der Waals surface area contributed by atoms with E-state index >= 15 is 0 Å². The number of carbonyl (C=O) groups excluding carboxylic acids is 2. The molecule has 2 aromatic carbocycles. The van der Waals surface area contributed by atoms with E-state index < -0.39 is 6.04 Å². The van der Waals surface area contributed by atoms with Crippen molar-refractivity contribution in [3.05, 3.63) is 53.6 Å². The standard InChI is InChI=1S/C30H38N2O4/c1-18-5-10-23(11-6-18)32-28(33)14-12-24(29(32)22-9-13-26(35-3)27(17-22)36-4)30(34)31-19(2)25-16-20-7-8-21(25)15-20/h5-6,9-11,13,17,19-21,24-25,29H,7-8,12,14-16H2,1-4H3,(H,31,34). The van der Waals surface area contributed by atoms with Crippen molar-refractivity contribution in [1.82, 2.24) is 5.32 Å². The summed E-state index contributed by atoms with van der Waals surface area (Å²) >= 11 is 0. The summed E-state index contributed by atoms with van der Waals surface area (Å²) in [6.07, 6.45) is 6.05. The van der Waals surface area contributed by atoms with Crippen LogP contribution in [0.15, 0.2) is 42.5 Å². The number of methoxy groups -OCH3 is 2. The Labute approximate surface area is 214 Å². The summed E-state index contributed by atoms with van der Waals surface area (Å²) in [6, 6.07) is 13.4. The van der Waals surface area contributed by atoms with Crippen molar-refractivity contribution in [3.63, 3.8) is 0 Å². The maximum absolute atomic E-state index is 13.9. The number of hydrogen-bond donors (Lipinski definition) is 1. The summed E-state index contributed by atoms with van der Waals surface area (Å²) in [6.45, 7) is 4.20. The van der Waals surface area contributed by atoms with Gasteiger partial charge in [-0.15, -0.1) is 0 Å². The number of anilines is 1. The van der Waals surface area contributed by atoms with Gasteiger partial charge in [-0.05, 0) is 87.1 Å². The molecule has 3 fully saturated rings. The number of carbonyl (C=O) groups is 2. The first-order chi connectivity index (χ1) is 17.4.